The number of aryl methyl sites for hydroxylation is 1. The molecule has 2 N–H and O–H groups in total. The van der Waals surface area contributed by atoms with Crippen molar-refractivity contribution in [2.75, 3.05) is 0 Å². The van der Waals surface area contributed by atoms with Crippen molar-refractivity contribution in [2.24, 2.45) is 10.9 Å². The van der Waals surface area contributed by atoms with E-state index in [2.05, 4.69) is 40.1 Å². The van der Waals surface area contributed by atoms with Crippen LogP contribution in [0.25, 0.3) is 0 Å². The highest BCUT2D eigenvalue weighted by Crippen LogP contribution is 2.23. The number of benzene rings is 2. The molecule has 2 aromatic carbocycles. The Hall–Kier alpha value is -1.81. The van der Waals surface area contributed by atoms with E-state index in [1.165, 1.54) is 11.1 Å². The molecule has 2 aromatic rings. The van der Waals surface area contributed by atoms with Crippen LogP contribution in [0.15, 0.2) is 52.0 Å². The summed E-state index contributed by atoms with van der Waals surface area (Å²) >= 11 is 3.42. The highest BCUT2D eigenvalue weighted by atomic mass is 79.9. The van der Waals surface area contributed by atoms with Crippen molar-refractivity contribution in [1.82, 2.24) is 0 Å². The van der Waals surface area contributed by atoms with Gasteiger partial charge in [0, 0.05) is 10.0 Å². The van der Waals surface area contributed by atoms with E-state index in [0.717, 1.165) is 15.8 Å². The van der Waals surface area contributed by atoms with Crippen molar-refractivity contribution in [3.05, 3.63) is 63.6 Å². The molecule has 2 rings (SSSR count). The maximum atomic E-state index is 5.84. The number of halogens is 1. The van der Waals surface area contributed by atoms with Gasteiger partial charge in [0.2, 0.25) is 0 Å². The standard InChI is InChI=1S/C15H15BrN2O/c1-11-4-2-3-5-12(11)10-19-15-7-6-14(16)8-13(15)9-18-17/h2-9H,10,17H2,1H3. The van der Waals surface area contributed by atoms with E-state index < -0.39 is 0 Å². The van der Waals surface area contributed by atoms with Crippen LogP contribution in [0.4, 0.5) is 0 Å². The first kappa shape index (κ1) is 13.6. The predicted octanol–water partition coefficient (Wildman–Crippen LogP) is 3.63. The van der Waals surface area contributed by atoms with Gasteiger partial charge in [-0.2, -0.15) is 5.10 Å². The van der Waals surface area contributed by atoms with Crippen LogP contribution in [0.5, 0.6) is 5.75 Å². The molecule has 0 unspecified atom stereocenters. The Balaban J connectivity index is 2.18. The van der Waals surface area contributed by atoms with Crippen molar-refractivity contribution >= 4 is 22.1 Å². The van der Waals surface area contributed by atoms with Crippen molar-refractivity contribution in [3.63, 3.8) is 0 Å². The van der Waals surface area contributed by atoms with E-state index in [1.54, 1.807) is 6.21 Å². The largest absolute Gasteiger partial charge is 0.488 e. The number of hydrazone groups is 1. The minimum atomic E-state index is 0.527. The van der Waals surface area contributed by atoms with Crippen LogP contribution in [0.1, 0.15) is 16.7 Å². The molecule has 98 valence electrons. The Kier molecular flexibility index (Phi) is 4.58. The Labute approximate surface area is 121 Å². The van der Waals surface area contributed by atoms with Gasteiger partial charge in [0.25, 0.3) is 0 Å². The van der Waals surface area contributed by atoms with E-state index in [0.29, 0.717) is 6.61 Å². The lowest BCUT2D eigenvalue weighted by atomic mass is 10.1. The topological polar surface area (TPSA) is 47.6 Å². The van der Waals surface area contributed by atoms with Gasteiger partial charge >= 0.3 is 0 Å². The van der Waals surface area contributed by atoms with E-state index in [1.807, 2.05) is 30.3 Å². The highest BCUT2D eigenvalue weighted by Gasteiger charge is 2.04. The van der Waals surface area contributed by atoms with Gasteiger partial charge in [0.05, 0.1) is 6.21 Å². The van der Waals surface area contributed by atoms with Crippen LogP contribution < -0.4 is 10.6 Å². The first-order valence-electron chi connectivity index (χ1n) is 5.91. The molecule has 0 heterocycles. The Morgan fingerprint density at radius 2 is 2.05 bits per heavy atom. The van der Waals surface area contributed by atoms with Crippen molar-refractivity contribution in [3.8, 4) is 5.75 Å². The second-order valence-corrected chi connectivity index (χ2v) is 5.09. The quantitative estimate of drug-likeness (QED) is 0.531. The number of ether oxygens (including phenoxy) is 1. The van der Waals surface area contributed by atoms with E-state index in [4.69, 9.17) is 10.6 Å². The molecule has 4 heteroatoms. The molecule has 0 aliphatic carbocycles. The van der Waals surface area contributed by atoms with Gasteiger partial charge in [0.1, 0.15) is 12.4 Å². The second-order valence-electron chi connectivity index (χ2n) is 4.18. The zero-order chi connectivity index (χ0) is 13.7. The fourth-order valence-electron chi connectivity index (χ4n) is 1.76. The van der Waals surface area contributed by atoms with Gasteiger partial charge in [-0.3, -0.25) is 0 Å². The Morgan fingerprint density at radius 3 is 2.79 bits per heavy atom. The SMILES string of the molecule is Cc1ccccc1COc1ccc(Br)cc1C=NN. The van der Waals surface area contributed by atoms with Gasteiger partial charge in [-0.25, -0.2) is 0 Å². The normalized spacial score (nSPS) is 10.8. The summed E-state index contributed by atoms with van der Waals surface area (Å²) in [6, 6.07) is 13.9. The highest BCUT2D eigenvalue weighted by molar-refractivity contribution is 9.10. The fourth-order valence-corrected chi connectivity index (χ4v) is 2.14. The third kappa shape index (κ3) is 3.58. The summed E-state index contributed by atoms with van der Waals surface area (Å²) in [5.41, 5.74) is 3.24. The average molecular weight is 319 g/mol. The molecule has 19 heavy (non-hydrogen) atoms. The monoisotopic (exact) mass is 318 g/mol. The third-order valence-electron chi connectivity index (χ3n) is 2.83. The molecule has 0 radical (unpaired) electrons. The number of rotatable bonds is 4. The van der Waals surface area contributed by atoms with E-state index in [-0.39, 0.29) is 0 Å². The van der Waals surface area contributed by atoms with Gasteiger partial charge in [-0.15, -0.1) is 0 Å². The predicted molar refractivity (Wildman–Crippen MR) is 81.4 cm³/mol. The molecule has 0 spiro atoms. The minimum absolute atomic E-state index is 0.527. The number of hydrogen-bond donors (Lipinski definition) is 1. The number of nitrogens with two attached hydrogens (primary N) is 1. The van der Waals surface area contributed by atoms with Crippen molar-refractivity contribution in [2.45, 2.75) is 13.5 Å². The molecule has 0 atom stereocenters. The maximum Gasteiger partial charge on any atom is 0.128 e. The lowest BCUT2D eigenvalue weighted by Crippen LogP contribution is -2.00. The minimum Gasteiger partial charge on any atom is -0.488 e. The first-order chi connectivity index (χ1) is 9.20. The lowest BCUT2D eigenvalue weighted by molar-refractivity contribution is 0.305. The average Bonchev–Trinajstić information content (AvgIpc) is 2.40. The van der Waals surface area contributed by atoms with Crippen LogP contribution in [-0.2, 0) is 6.61 Å². The molecule has 0 fully saturated rings. The lowest BCUT2D eigenvalue weighted by Gasteiger charge is -2.11. The van der Waals surface area contributed by atoms with E-state index >= 15 is 0 Å². The Bertz CT molecular complexity index is 596. The number of hydrogen-bond acceptors (Lipinski definition) is 3. The number of nitrogens with zero attached hydrogens (tertiary/aromatic N) is 1. The van der Waals surface area contributed by atoms with Gasteiger partial charge in [0.15, 0.2) is 0 Å². The van der Waals surface area contributed by atoms with Gasteiger partial charge in [-0.1, -0.05) is 40.2 Å². The van der Waals surface area contributed by atoms with Crippen LogP contribution in [0.2, 0.25) is 0 Å². The van der Waals surface area contributed by atoms with Crippen molar-refractivity contribution in [1.29, 1.82) is 0 Å². The molecular formula is C15H15BrN2O. The zero-order valence-corrected chi connectivity index (χ0v) is 12.2. The van der Waals surface area contributed by atoms with Gasteiger partial charge < -0.3 is 10.6 Å². The molecular weight excluding hydrogens is 304 g/mol. The molecule has 0 amide bonds. The van der Waals surface area contributed by atoms with Crippen LogP contribution in [0.3, 0.4) is 0 Å². The summed E-state index contributed by atoms with van der Waals surface area (Å²) in [5, 5.41) is 3.55. The molecule has 0 aromatic heterocycles. The fraction of sp³-hybridized carbons (Fsp3) is 0.133. The summed E-state index contributed by atoms with van der Waals surface area (Å²) in [6.45, 7) is 2.60. The second kappa shape index (κ2) is 6.38. The molecule has 0 aliphatic rings. The molecule has 0 saturated carbocycles. The van der Waals surface area contributed by atoms with Crippen molar-refractivity contribution < 1.29 is 4.74 Å². The maximum absolute atomic E-state index is 5.84. The zero-order valence-electron chi connectivity index (χ0n) is 10.6. The van der Waals surface area contributed by atoms with Crippen LogP contribution in [-0.4, -0.2) is 6.21 Å². The molecule has 0 aliphatic heterocycles. The van der Waals surface area contributed by atoms with Gasteiger partial charge in [-0.05, 0) is 36.2 Å². The molecule has 0 bridgehead atoms. The summed E-state index contributed by atoms with van der Waals surface area (Å²) < 4.78 is 6.81. The van der Waals surface area contributed by atoms with E-state index in [9.17, 15) is 0 Å². The third-order valence-corrected chi connectivity index (χ3v) is 3.32. The molecule has 3 nitrogen and oxygen atoms in total. The summed E-state index contributed by atoms with van der Waals surface area (Å²) in [7, 11) is 0. The Morgan fingerprint density at radius 1 is 1.26 bits per heavy atom. The molecule has 0 saturated heterocycles. The summed E-state index contributed by atoms with van der Waals surface area (Å²) in [6.07, 6.45) is 1.58. The van der Waals surface area contributed by atoms with Crippen LogP contribution in [0, 0.1) is 6.92 Å². The van der Waals surface area contributed by atoms with Crippen LogP contribution >= 0.6 is 15.9 Å². The summed E-state index contributed by atoms with van der Waals surface area (Å²) in [4.78, 5) is 0. The smallest absolute Gasteiger partial charge is 0.128 e. The summed E-state index contributed by atoms with van der Waals surface area (Å²) in [5.74, 6) is 5.97. The first-order valence-corrected chi connectivity index (χ1v) is 6.70.